The van der Waals surface area contributed by atoms with E-state index in [9.17, 15) is 9.18 Å². The number of rotatable bonds is 2. The van der Waals surface area contributed by atoms with Gasteiger partial charge in [0.15, 0.2) is 5.78 Å². The second-order valence-electron chi connectivity index (χ2n) is 4.78. The Morgan fingerprint density at radius 1 is 1.28 bits per heavy atom. The molecule has 0 aliphatic carbocycles. The number of H-pyrrole nitrogens is 1. The third kappa shape index (κ3) is 1.93. The lowest BCUT2D eigenvalue weighted by molar-refractivity contribution is 0.0897. The fraction of sp³-hybridized carbons (Fsp3) is 0.357. The Hall–Kier alpha value is -1.68. The van der Waals surface area contributed by atoms with Gasteiger partial charge in [0.2, 0.25) is 0 Å². The van der Waals surface area contributed by atoms with E-state index in [0.29, 0.717) is 10.9 Å². The highest BCUT2D eigenvalue weighted by atomic mass is 19.1. The van der Waals surface area contributed by atoms with Crippen LogP contribution in [-0.4, -0.2) is 23.9 Å². The first-order valence-electron chi connectivity index (χ1n) is 6.27. The van der Waals surface area contributed by atoms with Crippen LogP contribution < -0.4 is 5.32 Å². The average Bonchev–Trinajstić information content (AvgIpc) is 2.82. The fourth-order valence-electron chi connectivity index (χ4n) is 2.60. The molecule has 18 heavy (non-hydrogen) atoms. The van der Waals surface area contributed by atoms with Gasteiger partial charge in [0.25, 0.3) is 0 Å². The molecule has 1 fully saturated rings. The summed E-state index contributed by atoms with van der Waals surface area (Å²) in [5.41, 5.74) is 1.44. The van der Waals surface area contributed by atoms with Gasteiger partial charge in [-0.2, -0.15) is 0 Å². The monoisotopic (exact) mass is 246 g/mol. The van der Waals surface area contributed by atoms with E-state index in [0.717, 1.165) is 31.4 Å². The zero-order valence-electron chi connectivity index (χ0n) is 10.0. The molecule has 1 aliphatic rings. The summed E-state index contributed by atoms with van der Waals surface area (Å²) in [4.78, 5) is 15.4. The maximum Gasteiger partial charge on any atom is 0.168 e. The maximum absolute atomic E-state index is 13.3. The lowest BCUT2D eigenvalue weighted by atomic mass is 9.89. The van der Waals surface area contributed by atoms with Crippen molar-refractivity contribution < 1.29 is 9.18 Å². The van der Waals surface area contributed by atoms with Crippen LogP contribution in [-0.2, 0) is 0 Å². The molecule has 2 aromatic rings. The van der Waals surface area contributed by atoms with Gasteiger partial charge in [-0.3, -0.25) is 4.79 Å². The standard InChI is InChI=1S/C14H15FN2O/c15-10-1-2-13-11(7-10)12(8-17-13)14(18)9-3-5-16-6-4-9/h1-2,7-9,16-17H,3-6H2. The summed E-state index contributed by atoms with van der Waals surface area (Å²) < 4.78 is 13.3. The van der Waals surface area contributed by atoms with Crippen molar-refractivity contribution in [2.24, 2.45) is 5.92 Å². The molecule has 0 amide bonds. The van der Waals surface area contributed by atoms with E-state index in [2.05, 4.69) is 10.3 Å². The summed E-state index contributed by atoms with van der Waals surface area (Å²) in [7, 11) is 0. The molecule has 2 heterocycles. The molecule has 1 aromatic carbocycles. The number of carbonyl (C=O) groups is 1. The van der Waals surface area contributed by atoms with Gasteiger partial charge in [0, 0.05) is 28.6 Å². The molecular weight excluding hydrogens is 231 g/mol. The van der Waals surface area contributed by atoms with Gasteiger partial charge in [-0.1, -0.05) is 0 Å². The Labute approximate surface area is 104 Å². The number of nitrogens with one attached hydrogen (secondary N) is 2. The van der Waals surface area contributed by atoms with Gasteiger partial charge in [-0.25, -0.2) is 4.39 Å². The maximum atomic E-state index is 13.3. The normalized spacial score (nSPS) is 17.2. The summed E-state index contributed by atoms with van der Waals surface area (Å²) in [6.07, 6.45) is 3.43. The minimum Gasteiger partial charge on any atom is -0.360 e. The average molecular weight is 246 g/mol. The molecule has 0 bridgehead atoms. The third-order valence-corrected chi connectivity index (χ3v) is 3.62. The van der Waals surface area contributed by atoms with Crippen molar-refractivity contribution in [3.05, 3.63) is 35.8 Å². The zero-order chi connectivity index (χ0) is 12.5. The van der Waals surface area contributed by atoms with Crippen LogP contribution in [0.25, 0.3) is 10.9 Å². The van der Waals surface area contributed by atoms with Crippen molar-refractivity contribution in [2.75, 3.05) is 13.1 Å². The van der Waals surface area contributed by atoms with Crippen molar-refractivity contribution in [3.63, 3.8) is 0 Å². The first-order chi connectivity index (χ1) is 8.75. The van der Waals surface area contributed by atoms with E-state index >= 15 is 0 Å². The van der Waals surface area contributed by atoms with Gasteiger partial charge in [-0.05, 0) is 44.1 Å². The molecule has 0 radical (unpaired) electrons. The quantitative estimate of drug-likeness (QED) is 0.800. The minimum atomic E-state index is -0.304. The van der Waals surface area contributed by atoms with Crippen LogP contribution in [0.3, 0.4) is 0 Å². The summed E-state index contributed by atoms with van der Waals surface area (Å²) in [6, 6.07) is 4.50. The zero-order valence-corrected chi connectivity index (χ0v) is 10.0. The first kappa shape index (κ1) is 11.4. The van der Waals surface area contributed by atoms with E-state index in [4.69, 9.17) is 0 Å². The molecule has 1 aliphatic heterocycles. The van der Waals surface area contributed by atoms with Crippen molar-refractivity contribution in [1.29, 1.82) is 0 Å². The first-order valence-corrected chi connectivity index (χ1v) is 6.27. The summed E-state index contributed by atoms with van der Waals surface area (Å²) >= 11 is 0. The predicted octanol–water partition coefficient (Wildman–Crippen LogP) is 2.49. The molecule has 0 unspecified atom stereocenters. The molecule has 1 saturated heterocycles. The van der Waals surface area contributed by atoms with Crippen molar-refractivity contribution in [2.45, 2.75) is 12.8 Å². The summed E-state index contributed by atoms with van der Waals surface area (Å²) in [5, 5.41) is 3.93. The number of aromatic nitrogens is 1. The Bertz CT molecular complexity index is 584. The lowest BCUT2D eigenvalue weighted by Gasteiger charge is -2.21. The second kappa shape index (κ2) is 4.53. The van der Waals surface area contributed by atoms with Gasteiger partial charge in [0.1, 0.15) is 5.82 Å². The molecule has 1 aromatic heterocycles. The van der Waals surface area contributed by atoms with Crippen LogP contribution >= 0.6 is 0 Å². The Morgan fingerprint density at radius 3 is 2.83 bits per heavy atom. The molecular formula is C14H15FN2O. The summed E-state index contributed by atoms with van der Waals surface area (Å²) in [6.45, 7) is 1.76. The number of benzene rings is 1. The van der Waals surface area contributed by atoms with Gasteiger partial charge < -0.3 is 10.3 Å². The molecule has 3 rings (SSSR count). The fourth-order valence-corrected chi connectivity index (χ4v) is 2.60. The second-order valence-corrected chi connectivity index (χ2v) is 4.78. The third-order valence-electron chi connectivity index (χ3n) is 3.62. The van der Waals surface area contributed by atoms with Crippen LogP contribution in [0.4, 0.5) is 4.39 Å². The van der Waals surface area contributed by atoms with E-state index in [1.807, 2.05) is 0 Å². The molecule has 0 atom stereocenters. The number of hydrogen-bond donors (Lipinski definition) is 2. The predicted molar refractivity (Wildman–Crippen MR) is 68.2 cm³/mol. The Kier molecular flexibility index (Phi) is 2.88. The number of aromatic amines is 1. The topological polar surface area (TPSA) is 44.9 Å². The van der Waals surface area contributed by atoms with E-state index in [1.54, 1.807) is 12.3 Å². The number of carbonyl (C=O) groups excluding carboxylic acids is 1. The van der Waals surface area contributed by atoms with Crippen LogP contribution in [0, 0.1) is 11.7 Å². The van der Waals surface area contributed by atoms with Gasteiger partial charge in [0.05, 0.1) is 0 Å². The number of fused-ring (bicyclic) bond motifs is 1. The SMILES string of the molecule is O=C(c1c[nH]c2ccc(F)cc12)C1CCNCC1. The molecule has 3 nitrogen and oxygen atoms in total. The highest BCUT2D eigenvalue weighted by Crippen LogP contribution is 2.25. The van der Waals surface area contributed by atoms with Crippen molar-refractivity contribution in [1.82, 2.24) is 10.3 Å². The van der Waals surface area contributed by atoms with Crippen LogP contribution in [0.5, 0.6) is 0 Å². The van der Waals surface area contributed by atoms with E-state index in [1.165, 1.54) is 12.1 Å². The number of Topliss-reactive ketones (excluding diaryl/α,β-unsaturated/α-hetero) is 1. The van der Waals surface area contributed by atoms with Crippen LogP contribution in [0.15, 0.2) is 24.4 Å². The Balaban J connectivity index is 1.98. The van der Waals surface area contributed by atoms with E-state index in [-0.39, 0.29) is 17.5 Å². The lowest BCUT2D eigenvalue weighted by Crippen LogP contribution is -2.31. The molecule has 0 saturated carbocycles. The van der Waals surface area contributed by atoms with E-state index < -0.39 is 0 Å². The number of halogens is 1. The van der Waals surface area contributed by atoms with Crippen molar-refractivity contribution in [3.8, 4) is 0 Å². The Morgan fingerprint density at radius 2 is 2.06 bits per heavy atom. The molecule has 2 N–H and O–H groups in total. The van der Waals surface area contributed by atoms with Gasteiger partial charge >= 0.3 is 0 Å². The number of hydrogen-bond acceptors (Lipinski definition) is 2. The van der Waals surface area contributed by atoms with Gasteiger partial charge in [-0.15, -0.1) is 0 Å². The summed E-state index contributed by atoms with van der Waals surface area (Å²) in [5.74, 6) is -0.108. The van der Waals surface area contributed by atoms with Crippen LogP contribution in [0.1, 0.15) is 23.2 Å². The number of piperidine rings is 1. The highest BCUT2D eigenvalue weighted by Gasteiger charge is 2.24. The largest absolute Gasteiger partial charge is 0.360 e. The highest BCUT2D eigenvalue weighted by molar-refractivity contribution is 6.08. The minimum absolute atomic E-state index is 0.0634. The smallest absolute Gasteiger partial charge is 0.168 e. The molecule has 4 heteroatoms. The van der Waals surface area contributed by atoms with Crippen molar-refractivity contribution >= 4 is 16.7 Å². The number of ketones is 1. The molecule has 0 spiro atoms. The van der Waals surface area contributed by atoms with Crippen LogP contribution in [0.2, 0.25) is 0 Å². The molecule has 94 valence electrons.